The van der Waals surface area contributed by atoms with Crippen molar-refractivity contribution in [3.8, 4) is 0 Å². The second kappa shape index (κ2) is 6.76. The van der Waals surface area contributed by atoms with Gasteiger partial charge in [-0.3, -0.25) is 9.63 Å². The summed E-state index contributed by atoms with van der Waals surface area (Å²) in [6.45, 7) is 1.38. The number of nitrogens with one attached hydrogen (secondary N) is 1. The van der Waals surface area contributed by atoms with Gasteiger partial charge in [0.25, 0.3) is 0 Å². The molecule has 12 heteroatoms. The van der Waals surface area contributed by atoms with Crippen molar-refractivity contribution in [3.05, 3.63) is 52.0 Å². The van der Waals surface area contributed by atoms with Crippen molar-refractivity contribution in [2.45, 2.75) is 30.4 Å². The summed E-state index contributed by atoms with van der Waals surface area (Å²) < 4.78 is 38.1. The predicted octanol–water partition coefficient (Wildman–Crippen LogP) is 0.468. The summed E-state index contributed by atoms with van der Waals surface area (Å²) in [5, 5.41) is 7.99. The summed E-state index contributed by atoms with van der Waals surface area (Å²) >= 11 is 0. The predicted molar refractivity (Wildman–Crippen MR) is 96.9 cm³/mol. The van der Waals surface area contributed by atoms with Crippen LogP contribution in [-0.2, 0) is 30.8 Å². The maximum Gasteiger partial charge on any atom is 0.519 e. The van der Waals surface area contributed by atoms with Gasteiger partial charge < -0.3 is 13.6 Å². The molecule has 2 aliphatic rings. The van der Waals surface area contributed by atoms with Crippen molar-refractivity contribution in [1.29, 1.82) is 0 Å². The molecule has 1 aromatic carbocycles. The number of sulfone groups is 1. The highest BCUT2D eigenvalue weighted by atomic mass is 32.2. The van der Waals surface area contributed by atoms with Crippen molar-refractivity contribution < 1.29 is 31.6 Å². The van der Waals surface area contributed by atoms with Gasteiger partial charge in [0.2, 0.25) is 5.90 Å². The zero-order valence-corrected chi connectivity index (χ0v) is 16.1. The van der Waals surface area contributed by atoms with E-state index in [1.807, 2.05) is 0 Å². The Hall–Kier alpha value is -3.09. The number of aryl methyl sites for hydroxylation is 1. The van der Waals surface area contributed by atoms with E-state index >= 15 is 0 Å². The summed E-state index contributed by atoms with van der Waals surface area (Å²) in [7, 11) is -3.36. The van der Waals surface area contributed by atoms with Crippen LogP contribution in [0.3, 0.4) is 0 Å². The first kappa shape index (κ1) is 19.2. The zero-order chi connectivity index (χ0) is 20.8. The van der Waals surface area contributed by atoms with Crippen molar-refractivity contribution in [1.82, 2.24) is 5.48 Å². The van der Waals surface area contributed by atoms with Gasteiger partial charge in [-0.25, -0.2) is 13.2 Å². The normalized spacial score (nSPS) is 21.0. The molecule has 2 aliphatic heterocycles. The number of fused-ring (bicyclic) bond motifs is 1. The van der Waals surface area contributed by atoms with Crippen LogP contribution < -0.4 is 11.3 Å². The summed E-state index contributed by atoms with van der Waals surface area (Å²) in [6, 6.07) is 5.97. The second-order valence-electron chi connectivity index (χ2n) is 6.53. The third kappa shape index (κ3) is 3.41. The Bertz CT molecular complexity index is 1210. The SMILES string of the molecule is Cc1oc(=O)oc1CONC12CC(=O)OC1=NN=C2c1ccc(S(C)(=O)=O)cc1. The van der Waals surface area contributed by atoms with E-state index in [0.29, 0.717) is 11.3 Å². The van der Waals surface area contributed by atoms with E-state index in [1.54, 1.807) is 19.1 Å². The number of nitrogens with zero attached hydrogens (tertiary/aromatic N) is 2. The third-order valence-electron chi connectivity index (χ3n) is 4.47. The van der Waals surface area contributed by atoms with Crippen LogP contribution in [0.25, 0.3) is 0 Å². The first-order chi connectivity index (χ1) is 13.7. The Morgan fingerprint density at radius 1 is 1.17 bits per heavy atom. The van der Waals surface area contributed by atoms with Crippen molar-refractivity contribution in [3.63, 3.8) is 0 Å². The van der Waals surface area contributed by atoms with E-state index in [1.165, 1.54) is 12.1 Å². The van der Waals surface area contributed by atoms with Crippen LogP contribution >= 0.6 is 0 Å². The molecule has 0 amide bonds. The minimum Gasteiger partial charge on any atom is -0.407 e. The molecule has 1 fully saturated rings. The Kier molecular flexibility index (Phi) is 4.48. The van der Waals surface area contributed by atoms with Crippen LogP contribution in [0.2, 0.25) is 0 Å². The van der Waals surface area contributed by atoms with Crippen LogP contribution in [0.5, 0.6) is 0 Å². The second-order valence-corrected chi connectivity index (χ2v) is 8.55. The molecule has 152 valence electrons. The lowest BCUT2D eigenvalue weighted by Crippen LogP contribution is -2.54. The summed E-state index contributed by atoms with van der Waals surface area (Å²) in [5.41, 5.74) is 2.29. The lowest BCUT2D eigenvalue weighted by atomic mass is 9.88. The van der Waals surface area contributed by atoms with E-state index in [-0.39, 0.29) is 35.3 Å². The zero-order valence-electron chi connectivity index (χ0n) is 15.3. The van der Waals surface area contributed by atoms with Gasteiger partial charge in [0.05, 0.1) is 11.3 Å². The number of ether oxygens (including phenoxy) is 1. The molecule has 1 aromatic heterocycles. The smallest absolute Gasteiger partial charge is 0.407 e. The Morgan fingerprint density at radius 3 is 2.52 bits per heavy atom. The average Bonchev–Trinajstić information content (AvgIpc) is 3.24. The molecule has 2 aromatic rings. The maximum absolute atomic E-state index is 11.9. The van der Waals surface area contributed by atoms with E-state index in [9.17, 15) is 18.0 Å². The molecule has 1 atom stereocenters. The minimum absolute atomic E-state index is 0.00931. The molecule has 0 spiro atoms. The highest BCUT2D eigenvalue weighted by Gasteiger charge is 2.55. The largest absolute Gasteiger partial charge is 0.519 e. The van der Waals surface area contributed by atoms with Gasteiger partial charge in [-0.15, -0.1) is 10.2 Å². The molecule has 0 bridgehead atoms. The quantitative estimate of drug-likeness (QED) is 0.518. The van der Waals surface area contributed by atoms with E-state index in [0.717, 1.165) is 6.26 Å². The number of rotatable bonds is 6. The molecule has 1 unspecified atom stereocenters. The van der Waals surface area contributed by atoms with Crippen LogP contribution in [0.1, 0.15) is 23.5 Å². The minimum atomic E-state index is -3.36. The molecule has 29 heavy (non-hydrogen) atoms. The molecule has 0 saturated carbocycles. The van der Waals surface area contributed by atoms with Crippen molar-refractivity contribution in [2.24, 2.45) is 10.2 Å². The van der Waals surface area contributed by atoms with Crippen LogP contribution in [0.15, 0.2) is 53.0 Å². The molecule has 1 saturated heterocycles. The van der Waals surface area contributed by atoms with Gasteiger partial charge in [-0.1, -0.05) is 12.1 Å². The van der Waals surface area contributed by atoms with E-state index in [4.69, 9.17) is 18.4 Å². The lowest BCUT2D eigenvalue weighted by Gasteiger charge is -2.24. The Morgan fingerprint density at radius 2 is 1.90 bits per heavy atom. The fraction of sp³-hybridized carbons (Fsp3) is 0.294. The van der Waals surface area contributed by atoms with Gasteiger partial charge >= 0.3 is 11.8 Å². The summed E-state index contributed by atoms with van der Waals surface area (Å²) in [4.78, 5) is 28.6. The van der Waals surface area contributed by atoms with E-state index < -0.39 is 27.2 Å². The van der Waals surface area contributed by atoms with Gasteiger partial charge in [0.1, 0.15) is 18.1 Å². The summed E-state index contributed by atoms with van der Waals surface area (Å²) in [6.07, 6.45) is 0.958. The number of hydrogen-bond acceptors (Lipinski definition) is 11. The topological polar surface area (TPSA) is 150 Å². The van der Waals surface area contributed by atoms with Crippen molar-refractivity contribution in [2.75, 3.05) is 6.26 Å². The highest BCUT2D eigenvalue weighted by molar-refractivity contribution is 7.90. The number of hydroxylamine groups is 1. The molecular weight excluding hydrogens is 406 g/mol. The molecule has 11 nitrogen and oxygen atoms in total. The molecule has 3 heterocycles. The fourth-order valence-electron chi connectivity index (χ4n) is 3.02. The molecule has 1 N–H and O–H groups in total. The van der Waals surface area contributed by atoms with Crippen molar-refractivity contribution >= 4 is 27.4 Å². The van der Waals surface area contributed by atoms with Crippen LogP contribution in [0.4, 0.5) is 0 Å². The van der Waals surface area contributed by atoms with Gasteiger partial charge in [0, 0.05) is 11.8 Å². The first-order valence-corrected chi connectivity index (χ1v) is 10.2. The Balaban J connectivity index is 1.60. The van der Waals surface area contributed by atoms with Gasteiger partial charge in [-0.2, -0.15) is 5.48 Å². The van der Waals surface area contributed by atoms with Crippen LogP contribution in [0, 0.1) is 6.92 Å². The first-order valence-electron chi connectivity index (χ1n) is 8.35. The summed E-state index contributed by atoms with van der Waals surface area (Å²) in [5.74, 6) is -0.939. The third-order valence-corrected chi connectivity index (χ3v) is 5.60. The lowest BCUT2D eigenvalue weighted by molar-refractivity contribution is -0.133. The highest BCUT2D eigenvalue weighted by Crippen LogP contribution is 2.32. The average molecular weight is 421 g/mol. The number of carbonyl (C=O) groups is 1. The standard InChI is InChI=1S/C17H15N3O8S/c1-9-12(27-16(22)26-9)8-25-20-17-7-13(21)28-15(17)19-18-14(17)10-3-5-11(6-4-10)29(2,23)24/h3-6,20H,7-8H2,1-2H3. The molecule has 4 rings (SSSR count). The molecular formula is C17H15N3O8S. The monoisotopic (exact) mass is 421 g/mol. The van der Waals surface area contributed by atoms with Gasteiger partial charge in [0.15, 0.2) is 21.1 Å². The molecule has 0 aliphatic carbocycles. The number of hydrogen-bond donors (Lipinski definition) is 1. The number of esters is 1. The number of benzene rings is 1. The Labute approximate surface area is 163 Å². The maximum atomic E-state index is 11.9. The van der Waals surface area contributed by atoms with E-state index in [2.05, 4.69) is 15.7 Å². The molecule has 0 radical (unpaired) electrons. The number of carbonyl (C=O) groups excluding carboxylic acids is 1. The fourth-order valence-corrected chi connectivity index (χ4v) is 3.65. The van der Waals surface area contributed by atoms with Crippen LogP contribution in [-0.4, -0.2) is 37.8 Å². The van der Waals surface area contributed by atoms with Gasteiger partial charge in [-0.05, 0) is 19.1 Å².